The van der Waals surface area contributed by atoms with Gasteiger partial charge in [0.05, 0.1) is 11.3 Å². The van der Waals surface area contributed by atoms with Crippen LogP contribution in [0.5, 0.6) is 0 Å². The normalized spacial score (nSPS) is 16.1. The molecule has 0 saturated heterocycles. The fourth-order valence-electron chi connectivity index (χ4n) is 2.38. The van der Waals surface area contributed by atoms with Crippen molar-refractivity contribution in [2.24, 2.45) is 0 Å². The summed E-state index contributed by atoms with van der Waals surface area (Å²) in [5.41, 5.74) is 1.67. The minimum absolute atomic E-state index is 0.561. The molecule has 0 atom stereocenters. The average molecular weight is 235 g/mol. The monoisotopic (exact) mass is 234 g/mol. The summed E-state index contributed by atoms with van der Waals surface area (Å²) >= 11 is 5.99. The maximum atomic E-state index is 9.08. The number of halogens is 1. The molecule has 84 valence electrons. The van der Waals surface area contributed by atoms with Crippen LogP contribution in [0.1, 0.15) is 31.2 Å². The minimum Gasteiger partial charge on any atom is -0.371 e. The van der Waals surface area contributed by atoms with Crippen LogP contribution in [0.4, 0.5) is 5.69 Å². The Labute approximate surface area is 101 Å². The molecule has 1 aromatic carbocycles. The van der Waals surface area contributed by atoms with E-state index in [1.807, 2.05) is 6.07 Å². The van der Waals surface area contributed by atoms with Gasteiger partial charge in [0.25, 0.3) is 0 Å². The largest absolute Gasteiger partial charge is 0.371 e. The molecule has 0 unspecified atom stereocenters. The molecular weight excluding hydrogens is 220 g/mol. The Hall–Kier alpha value is -1.20. The fraction of sp³-hybridized carbons (Fsp3) is 0.462. The third-order valence-corrected chi connectivity index (χ3v) is 3.57. The second-order valence-corrected chi connectivity index (χ2v) is 4.76. The summed E-state index contributed by atoms with van der Waals surface area (Å²) in [4.78, 5) is 2.21. The van der Waals surface area contributed by atoms with Crippen LogP contribution in [0.25, 0.3) is 0 Å². The van der Waals surface area contributed by atoms with Gasteiger partial charge in [0.15, 0.2) is 0 Å². The van der Waals surface area contributed by atoms with E-state index in [1.54, 1.807) is 12.1 Å². The number of rotatable bonds is 2. The molecule has 0 spiro atoms. The van der Waals surface area contributed by atoms with E-state index in [9.17, 15) is 0 Å². The third kappa shape index (κ3) is 2.15. The first kappa shape index (κ1) is 11.3. The second-order valence-electron chi connectivity index (χ2n) is 4.32. The summed E-state index contributed by atoms with van der Waals surface area (Å²) in [5, 5.41) is 9.77. The number of benzene rings is 1. The Kier molecular flexibility index (Phi) is 3.36. The molecule has 1 aliphatic carbocycles. The molecule has 0 aliphatic heterocycles. The number of anilines is 1. The molecule has 16 heavy (non-hydrogen) atoms. The van der Waals surface area contributed by atoms with Gasteiger partial charge >= 0.3 is 0 Å². The summed E-state index contributed by atoms with van der Waals surface area (Å²) in [5.74, 6) is 0. The molecule has 1 aromatic rings. The molecule has 0 radical (unpaired) electrons. The van der Waals surface area contributed by atoms with Gasteiger partial charge in [0, 0.05) is 18.1 Å². The molecule has 1 saturated carbocycles. The number of nitriles is 1. The van der Waals surface area contributed by atoms with E-state index >= 15 is 0 Å². The lowest BCUT2D eigenvalue weighted by Crippen LogP contribution is -2.29. The van der Waals surface area contributed by atoms with E-state index in [0.717, 1.165) is 5.69 Å². The first-order valence-corrected chi connectivity index (χ1v) is 6.02. The molecule has 0 aromatic heterocycles. The first-order chi connectivity index (χ1) is 7.72. The van der Waals surface area contributed by atoms with Crippen LogP contribution in [0, 0.1) is 11.3 Å². The van der Waals surface area contributed by atoms with E-state index in [2.05, 4.69) is 18.0 Å². The number of hydrogen-bond donors (Lipinski definition) is 0. The minimum atomic E-state index is 0.561. The molecule has 0 N–H and O–H groups in total. The van der Waals surface area contributed by atoms with Crippen molar-refractivity contribution in [1.82, 2.24) is 0 Å². The van der Waals surface area contributed by atoms with Crippen LogP contribution in [-0.2, 0) is 0 Å². The van der Waals surface area contributed by atoms with Gasteiger partial charge in [0.1, 0.15) is 6.07 Å². The van der Waals surface area contributed by atoms with Gasteiger partial charge < -0.3 is 4.90 Å². The molecule has 3 heteroatoms. The van der Waals surface area contributed by atoms with Gasteiger partial charge in [-0.25, -0.2) is 0 Å². The Bertz CT molecular complexity index is 416. The maximum Gasteiger partial charge on any atom is 0.101 e. The molecule has 0 heterocycles. The van der Waals surface area contributed by atoms with Crippen LogP contribution in [0.2, 0.25) is 5.02 Å². The van der Waals surface area contributed by atoms with E-state index in [1.165, 1.54) is 25.7 Å². The highest BCUT2D eigenvalue weighted by Crippen LogP contribution is 2.30. The van der Waals surface area contributed by atoms with Gasteiger partial charge in [0.2, 0.25) is 0 Å². The summed E-state index contributed by atoms with van der Waals surface area (Å²) in [6.07, 6.45) is 5.01. The van der Waals surface area contributed by atoms with Crippen molar-refractivity contribution in [3.05, 3.63) is 28.8 Å². The van der Waals surface area contributed by atoms with Gasteiger partial charge in [-0.3, -0.25) is 0 Å². The van der Waals surface area contributed by atoms with E-state index < -0.39 is 0 Å². The smallest absolute Gasteiger partial charge is 0.101 e. The summed E-state index contributed by atoms with van der Waals surface area (Å²) in [7, 11) is 2.06. The Morgan fingerprint density at radius 3 is 2.69 bits per heavy atom. The molecule has 2 nitrogen and oxygen atoms in total. The zero-order valence-corrected chi connectivity index (χ0v) is 10.2. The van der Waals surface area contributed by atoms with Gasteiger partial charge in [-0.2, -0.15) is 5.26 Å². The highest BCUT2D eigenvalue weighted by molar-refractivity contribution is 6.30. The van der Waals surface area contributed by atoms with Crippen LogP contribution < -0.4 is 4.90 Å². The predicted molar refractivity (Wildman–Crippen MR) is 66.8 cm³/mol. The average Bonchev–Trinajstić information content (AvgIpc) is 2.81. The van der Waals surface area contributed by atoms with Crippen molar-refractivity contribution >= 4 is 17.3 Å². The standard InChI is InChI=1S/C13H15ClN2/c1-16(12-4-2-3-5-12)13-8-11(14)7-6-10(13)9-15/h6-8,12H,2-5H2,1H3. The topological polar surface area (TPSA) is 27.0 Å². The Morgan fingerprint density at radius 1 is 1.38 bits per heavy atom. The molecule has 1 aliphatic rings. The molecule has 2 rings (SSSR count). The summed E-state index contributed by atoms with van der Waals surface area (Å²) < 4.78 is 0. The van der Waals surface area contributed by atoms with Crippen LogP contribution in [0.3, 0.4) is 0 Å². The van der Waals surface area contributed by atoms with Crippen molar-refractivity contribution in [2.75, 3.05) is 11.9 Å². The predicted octanol–water partition coefficient (Wildman–Crippen LogP) is 3.59. The quantitative estimate of drug-likeness (QED) is 0.782. The van der Waals surface area contributed by atoms with Gasteiger partial charge in [-0.1, -0.05) is 24.4 Å². The van der Waals surface area contributed by atoms with Gasteiger partial charge in [-0.15, -0.1) is 0 Å². The molecule has 1 fully saturated rings. The number of hydrogen-bond acceptors (Lipinski definition) is 2. The lowest BCUT2D eigenvalue weighted by atomic mass is 10.1. The van der Waals surface area contributed by atoms with Crippen molar-refractivity contribution in [3.8, 4) is 6.07 Å². The maximum absolute atomic E-state index is 9.08. The Balaban J connectivity index is 2.31. The third-order valence-electron chi connectivity index (χ3n) is 3.33. The van der Waals surface area contributed by atoms with E-state index in [4.69, 9.17) is 16.9 Å². The van der Waals surface area contributed by atoms with E-state index in [0.29, 0.717) is 16.6 Å². The van der Waals surface area contributed by atoms with Crippen molar-refractivity contribution in [3.63, 3.8) is 0 Å². The number of nitrogens with zero attached hydrogens (tertiary/aromatic N) is 2. The van der Waals surface area contributed by atoms with Crippen LogP contribution in [-0.4, -0.2) is 13.1 Å². The molecule has 0 bridgehead atoms. The van der Waals surface area contributed by atoms with Crippen LogP contribution in [0.15, 0.2) is 18.2 Å². The lowest BCUT2D eigenvalue weighted by molar-refractivity contribution is 0.653. The summed E-state index contributed by atoms with van der Waals surface area (Å²) in [6.45, 7) is 0. The lowest BCUT2D eigenvalue weighted by Gasteiger charge is -2.27. The second kappa shape index (κ2) is 4.76. The SMILES string of the molecule is CN(c1cc(Cl)ccc1C#N)C1CCCC1. The van der Waals surface area contributed by atoms with Crippen molar-refractivity contribution in [2.45, 2.75) is 31.7 Å². The first-order valence-electron chi connectivity index (χ1n) is 5.65. The molecular formula is C13H15ClN2. The zero-order valence-electron chi connectivity index (χ0n) is 9.41. The zero-order chi connectivity index (χ0) is 11.5. The molecule has 0 amide bonds. The van der Waals surface area contributed by atoms with Gasteiger partial charge in [-0.05, 0) is 31.0 Å². The van der Waals surface area contributed by atoms with Crippen molar-refractivity contribution in [1.29, 1.82) is 5.26 Å². The Morgan fingerprint density at radius 2 is 2.06 bits per heavy atom. The van der Waals surface area contributed by atoms with E-state index in [-0.39, 0.29) is 0 Å². The van der Waals surface area contributed by atoms with Crippen LogP contribution >= 0.6 is 11.6 Å². The van der Waals surface area contributed by atoms with Crippen molar-refractivity contribution < 1.29 is 0 Å². The highest BCUT2D eigenvalue weighted by atomic mass is 35.5. The fourth-order valence-corrected chi connectivity index (χ4v) is 2.55. The highest BCUT2D eigenvalue weighted by Gasteiger charge is 2.21. The summed E-state index contributed by atoms with van der Waals surface area (Å²) in [6, 6.07) is 8.24.